The topological polar surface area (TPSA) is 63.6 Å². The molecular formula is C21H34O4. The number of ketones is 1. The number of carbonyl (C=O) groups excluding carboxylic acids is 2. The summed E-state index contributed by atoms with van der Waals surface area (Å²) in [6, 6.07) is 0. The molecule has 0 unspecified atom stereocenters. The van der Waals surface area contributed by atoms with E-state index in [1.165, 1.54) is 19.1 Å². The van der Waals surface area contributed by atoms with Crippen LogP contribution in [-0.2, 0) is 14.3 Å². The Kier molecular flexibility index (Phi) is 5.53. The number of allylic oxidation sites excluding steroid dienone is 2. The Balaban J connectivity index is 2.26. The average Bonchev–Trinajstić information content (AvgIpc) is 2.48. The number of hydrogen-bond acceptors (Lipinski definition) is 4. The molecule has 2 rings (SSSR count). The fraction of sp³-hybridized carbons (Fsp3) is 0.810. The molecule has 0 saturated heterocycles. The lowest BCUT2D eigenvalue weighted by Gasteiger charge is -2.54. The van der Waals surface area contributed by atoms with Gasteiger partial charge in [-0.1, -0.05) is 32.8 Å². The van der Waals surface area contributed by atoms with Gasteiger partial charge in [0.2, 0.25) is 0 Å². The van der Waals surface area contributed by atoms with Gasteiger partial charge in [-0.05, 0) is 61.9 Å². The van der Waals surface area contributed by atoms with Crippen molar-refractivity contribution in [2.75, 3.05) is 7.11 Å². The highest BCUT2D eigenvalue weighted by atomic mass is 16.5. The Morgan fingerprint density at radius 3 is 2.56 bits per heavy atom. The quantitative estimate of drug-likeness (QED) is 0.755. The molecule has 0 aromatic carbocycles. The van der Waals surface area contributed by atoms with E-state index >= 15 is 0 Å². The van der Waals surface area contributed by atoms with Gasteiger partial charge < -0.3 is 9.84 Å². The normalized spacial score (nSPS) is 31.3. The first kappa shape index (κ1) is 20.2. The van der Waals surface area contributed by atoms with Crippen LogP contribution < -0.4 is 0 Å². The molecule has 0 heterocycles. The van der Waals surface area contributed by atoms with Crippen LogP contribution in [-0.4, -0.2) is 29.6 Å². The second-order valence-corrected chi connectivity index (χ2v) is 9.29. The molecule has 2 aliphatic carbocycles. The molecule has 4 heteroatoms. The van der Waals surface area contributed by atoms with Crippen LogP contribution in [0, 0.1) is 16.7 Å². The zero-order valence-corrected chi connectivity index (χ0v) is 16.7. The lowest BCUT2D eigenvalue weighted by molar-refractivity contribution is -0.145. The number of fused-ring (bicyclic) bond motifs is 1. The van der Waals surface area contributed by atoms with E-state index in [0.29, 0.717) is 25.2 Å². The van der Waals surface area contributed by atoms with Crippen molar-refractivity contribution in [3.63, 3.8) is 0 Å². The molecule has 0 bridgehead atoms. The molecule has 0 aromatic rings. The smallest absolute Gasteiger partial charge is 0.308 e. The molecule has 1 saturated carbocycles. The Bertz CT molecular complexity index is 585. The summed E-state index contributed by atoms with van der Waals surface area (Å²) in [5.74, 6) is 0.198. The van der Waals surface area contributed by atoms with Crippen molar-refractivity contribution in [1.29, 1.82) is 0 Å². The van der Waals surface area contributed by atoms with Crippen LogP contribution in [0.15, 0.2) is 11.1 Å². The number of ether oxygens (including phenoxy) is 1. The first-order chi connectivity index (χ1) is 11.4. The maximum absolute atomic E-state index is 12.6. The van der Waals surface area contributed by atoms with Gasteiger partial charge in [0.05, 0.1) is 19.1 Å². The summed E-state index contributed by atoms with van der Waals surface area (Å²) >= 11 is 0. The molecule has 1 fully saturated rings. The molecule has 0 aliphatic heterocycles. The maximum Gasteiger partial charge on any atom is 0.308 e. The first-order valence-corrected chi connectivity index (χ1v) is 9.45. The van der Waals surface area contributed by atoms with Crippen LogP contribution in [0.3, 0.4) is 0 Å². The van der Waals surface area contributed by atoms with Crippen molar-refractivity contribution in [2.24, 2.45) is 16.7 Å². The van der Waals surface area contributed by atoms with Crippen molar-refractivity contribution in [3.05, 3.63) is 11.1 Å². The highest BCUT2D eigenvalue weighted by Gasteiger charge is 2.52. The predicted molar refractivity (Wildman–Crippen MR) is 98.0 cm³/mol. The Morgan fingerprint density at radius 1 is 1.32 bits per heavy atom. The molecule has 2 aliphatic rings. The Morgan fingerprint density at radius 2 is 1.96 bits per heavy atom. The highest BCUT2D eigenvalue weighted by Crippen LogP contribution is 2.59. The van der Waals surface area contributed by atoms with Crippen molar-refractivity contribution in [1.82, 2.24) is 0 Å². The van der Waals surface area contributed by atoms with Gasteiger partial charge in [-0.2, -0.15) is 0 Å². The van der Waals surface area contributed by atoms with Crippen LogP contribution in [0.2, 0.25) is 0 Å². The van der Waals surface area contributed by atoms with Gasteiger partial charge in [-0.25, -0.2) is 0 Å². The van der Waals surface area contributed by atoms with Crippen molar-refractivity contribution in [2.45, 2.75) is 85.2 Å². The lowest BCUT2D eigenvalue weighted by atomic mass is 9.49. The number of Topliss-reactive ketones (excluding diaryl/α,β-unsaturated/α-hetero) is 1. The first-order valence-electron chi connectivity index (χ1n) is 9.45. The van der Waals surface area contributed by atoms with E-state index in [1.807, 2.05) is 6.92 Å². The van der Waals surface area contributed by atoms with Gasteiger partial charge in [0.15, 0.2) is 5.78 Å². The van der Waals surface area contributed by atoms with Crippen molar-refractivity contribution < 1.29 is 19.4 Å². The Hall–Kier alpha value is -1.16. The zero-order valence-electron chi connectivity index (χ0n) is 16.7. The van der Waals surface area contributed by atoms with E-state index in [1.54, 1.807) is 6.92 Å². The van der Waals surface area contributed by atoms with Gasteiger partial charge >= 0.3 is 5.97 Å². The van der Waals surface area contributed by atoms with E-state index in [0.717, 1.165) is 18.4 Å². The third-order valence-corrected chi connectivity index (χ3v) is 6.85. The zero-order chi connectivity index (χ0) is 19.0. The van der Waals surface area contributed by atoms with E-state index < -0.39 is 11.6 Å². The second-order valence-electron chi connectivity index (χ2n) is 9.29. The molecule has 142 valence electrons. The van der Waals surface area contributed by atoms with E-state index in [4.69, 9.17) is 0 Å². The minimum absolute atomic E-state index is 0.0150. The minimum Gasteiger partial charge on any atom is -0.469 e. The SMILES string of the molecule is COC(=O)C[C@](C)(O)CCC1=C(C)C(=O)C[C@H]2C(C)(C)CCC[C@]12C. The summed E-state index contributed by atoms with van der Waals surface area (Å²) in [7, 11) is 1.33. The van der Waals surface area contributed by atoms with Crippen LogP contribution in [0.1, 0.15) is 79.6 Å². The third kappa shape index (κ3) is 3.99. The van der Waals surface area contributed by atoms with Crippen molar-refractivity contribution >= 4 is 11.8 Å². The molecule has 1 N–H and O–H groups in total. The average molecular weight is 350 g/mol. The third-order valence-electron chi connectivity index (χ3n) is 6.85. The molecule has 0 aromatic heterocycles. The number of aliphatic hydroxyl groups is 1. The molecule has 0 radical (unpaired) electrons. The number of esters is 1. The largest absolute Gasteiger partial charge is 0.469 e. The molecule has 25 heavy (non-hydrogen) atoms. The molecule has 0 spiro atoms. The number of rotatable bonds is 5. The van der Waals surface area contributed by atoms with Crippen LogP contribution in [0.4, 0.5) is 0 Å². The fourth-order valence-electron chi connectivity index (χ4n) is 5.26. The highest BCUT2D eigenvalue weighted by molar-refractivity contribution is 5.97. The fourth-order valence-corrected chi connectivity index (χ4v) is 5.26. The maximum atomic E-state index is 12.6. The standard InChI is InChI=1S/C21H34O4/c1-14-15(8-11-20(4,24)13-18(23)25-6)21(5)10-7-9-19(2,3)17(21)12-16(14)22/h17,24H,7-13H2,1-6H3/t17-,20+,21+/m0/s1. The molecule has 0 amide bonds. The summed E-state index contributed by atoms with van der Waals surface area (Å²) in [4.78, 5) is 24.2. The second kappa shape index (κ2) is 6.86. The van der Waals surface area contributed by atoms with Gasteiger partial charge in [-0.15, -0.1) is 0 Å². The van der Waals surface area contributed by atoms with Gasteiger partial charge in [0.25, 0.3) is 0 Å². The lowest BCUT2D eigenvalue weighted by Crippen LogP contribution is -2.47. The number of carbonyl (C=O) groups is 2. The van der Waals surface area contributed by atoms with Crippen molar-refractivity contribution in [3.8, 4) is 0 Å². The van der Waals surface area contributed by atoms with Gasteiger partial charge in [0, 0.05) is 6.42 Å². The minimum atomic E-state index is -1.11. The van der Waals surface area contributed by atoms with E-state index in [-0.39, 0.29) is 23.0 Å². The molecule has 4 nitrogen and oxygen atoms in total. The molecule has 3 atom stereocenters. The monoisotopic (exact) mass is 350 g/mol. The predicted octanol–water partition coefficient (Wildman–Crippen LogP) is 4.20. The van der Waals surface area contributed by atoms with Gasteiger partial charge in [-0.3, -0.25) is 9.59 Å². The van der Waals surface area contributed by atoms with Crippen LogP contribution in [0.5, 0.6) is 0 Å². The number of methoxy groups -OCH3 is 1. The van der Waals surface area contributed by atoms with Crippen LogP contribution in [0.25, 0.3) is 0 Å². The van der Waals surface area contributed by atoms with E-state index in [9.17, 15) is 14.7 Å². The summed E-state index contributed by atoms with van der Waals surface area (Å²) in [6.07, 6.45) is 5.17. The summed E-state index contributed by atoms with van der Waals surface area (Å²) in [5, 5.41) is 10.6. The summed E-state index contributed by atoms with van der Waals surface area (Å²) in [6.45, 7) is 10.5. The number of hydrogen-bond donors (Lipinski definition) is 1. The van der Waals surface area contributed by atoms with Crippen LogP contribution >= 0.6 is 0 Å². The van der Waals surface area contributed by atoms with Gasteiger partial charge in [0.1, 0.15) is 0 Å². The summed E-state index contributed by atoms with van der Waals surface area (Å²) < 4.78 is 4.68. The van der Waals surface area contributed by atoms with E-state index in [2.05, 4.69) is 25.5 Å². The molecular weight excluding hydrogens is 316 g/mol. The Labute approximate surface area is 152 Å². The summed E-state index contributed by atoms with van der Waals surface area (Å²) in [5.41, 5.74) is 1.14.